The van der Waals surface area contributed by atoms with E-state index in [2.05, 4.69) is 6.07 Å². The van der Waals surface area contributed by atoms with E-state index in [-0.39, 0.29) is 11.7 Å². The summed E-state index contributed by atoms with van der Waals surface area (Å²) in [5, 5.41) is 10.0. The fourth-order valence-corrected chi connectivity index (χ4v) is 3.68. The average molecular weight is 402 g/mol. The molecule has 27 heavy (non-hydrogen) atoms. The number of piperazine rings is 1. The van der Waals surface area contributed by atoms with Crippen molar-refractivity contribution in [3.8, 4) is 6.07 Å². The molecule has 1 fully saturated rings. The normalized spacial score (nSPS) is 14.0. The SMILES string of the molecule is CC(=O)c1ccc(C#N)c(N2CCN(C(=O)c3c(Cl)cccc3Cl)CC2)c1. The van der Waals surface area contributed by atoms with E-state index in [1.807, 2.05) is 4.90 Å². The summed E-state index contributed by atoms with van der Waals surface area (Å²) in [4.78, 5) is 28.2. The fourth-order valence-electron chi connectivity index (χ4n) is 3.12. The number of carbonyl (C=O) groups is 2. The van der Waals surface area contributed by atoms with Crippen LogP contribution in [-0.2, 0) is 0 Å². The highest BCUT2D eigenvalue weighted by molar-refractivity contribution is 6.39. The largest absolute Gasteiger partial charge is 0.367 e. The Morgan fingerprint density at radius 2 is 1.67 bits per heavy atom. The molecule has 1 aliphatic rings. The smallest absolute Gasteiger partial charge is 0.257 e. The molecule has 1 aliphatic heterocycles. The minimum atomic E-state index is -0.205. The third-order valence-electron chi connectivity index (χ3n) is 4.61. The van der Waals surface area contributed by atoms with Crippen LogP contribution in [0.3, 0.4) is 0 Å². The number of ketones is 1. The molecule has 0 aromatic heterocycles. The molecule has 7 heteroatoms. The van der Waals surface area contributed by atoms with Gasteiger partial charge in [-0.15, -0.1) is 0 Å². The maximum atomic E-state index is 12.8. The molecule has 0 bridgehead atoms. The second kappa shape index (κ2) is 7.99. The summed E-state index contributed by atoms with van der Waals surface area (Å²) in [6.07, 6.45) is 0. The number of amides is 1. The molecule has 2 aromatic rings. The quantitative estimate of drug-likeness (QED) is 0.728. The first kappa shape index (κ1) is 19.2. The van der Waals surface area contributed by atoms with Gasteiger partial charge in [0.2, 0.25) is 0 Å². The van der Waals surface area contributed by atoms with E-state index in [1.54, 1.807) is 41.3 Å². The van der Waals surface area contributed by atoms with Crippen LogP contribution in [0.15, 0.2) is 36.4 Å². The van der Waals surface area contributed by atoms with Crippen LogP contribution in [0.2, 0.25) is 10.0 Å². The van der Waals surface area contributed by atoms with Gasteiger partial charge >= 0.3 is 0 Å². The van der Waals surface area contributed by atoms with E-state index in [9.17, 15) is 14.9 Å². The standard InChI is InChI=1S/C20H17Cl2N3O2/c1-13(26)14-5-6-15(12-23)18(11-14)24-7-9-25(10-8-24)20(27)19-16(21)3-2-4-17(19)22/h2-6,11H,7-10H2,1H3. The second-order valence-corrected chi connectivity index (χ2v) is 7.09. The van der Waals surface area contributed by atoms with Gasteiger partial charge in [0, 0.05) is 31.7 Å². The van der Waals surface area contributed by atoms with Crippen LogP contribution in [0, 0.1) is 11.3 Å². The lowest BCUT2D eigenvalue weighted by molar-refractivity contribution is 0.0747. The van der Waals surface area contributed by atoms with Crippen LogP contribution >= 0.6 is 23.2 Å². The van der Waals surface area contributed by atoms with Gasteiger partial charge in [-0.3, -0.25) is 9.59 Å². The summed E-state index contributed by atoms with van der Waals surface area (Å²) in [6.45, 7) is 3.52. The van der Waals surface area contributed by atoms with Crippen molar-refractivity contribution in [2.45, 2.75) is 6.92 Å². The number of carbonyl (C=O) groups excluding carboxylic acids is 2. The highest BCUT2D eigenvalue weighted by Crippen LogP contribution is 2.28. The molecule has 0 unspecified atom stereocenters. The predicted octanol–water partition coefficient (Wildman–Crippen LogP) is 4.03. The van der Waals surface area contributed by atoms with E-state index in [4.69, 9.17) is 23.2 Å². The van der Waals surface area contributed by atoms with Crippen LogP contribution in [-0.4, -0.2) is 42.8 Å². The monoisotopic (exact) mass is 401 g/mol. The molecular weight excluding hydrogens is 385 g/mol. The van der Waals surface area contributed by atoms with Crippen molar-refractivity contribution in [3.63, 3.8) is 0 Å². The zero-order valence-electron chi connectivity index (χ0n) is 14.7. The van der Waals surface area contributed by atoms with E-state index < -0.39 is 0 Å². The number of nitrogens with zero attached hydrogens (tertiary/aromatic N) is 3. The number of hydrogen-bond acceptors (Lipinski definition) is 4. The molecule has 0 saturated carbocycles. The molecular formula is C20H17Cl2N3O2. The first-order valence-corrected chi connectivity index (χ1v) is 9.21. The van der Waals surface area contributed by atoms with Crippen LogP contribution in [0.1, 0.15) is 33.2 Å². The minimum Gasteiger partial charge on any atom is -0.367 e. The third kappa shape index (κ3) is 3.92. The van der Waals surface area contributed by atoms with E-state index in [0.717, 1.165) is 0 Å². The number of hydrogen-bond donors (Lipinski definition) is 0. The number of benzene rings is 2. The Morgan fingerprint density at radius 3 is 2.22 bits per heavy atom. The van der Waals surface area contributed by atoms with Crippen molar-refractivity contribution in [1.82, 2.24) is 4.90 Å². The summed E-state index contributed by atoms with van der Waals surface area (Å²) in [7, 11) is 0. The molecule has 0 aliphatic carbocycles. The van der Waals surface area contributed by atoms with Crippen LogP contribution in [0.4, 0.5) is 5.69 Å². The van der Waals surface area contributed by atoms with E-state index in [0.29, 0.717) is 58.6 Å². The first-order valence-electron chi connectivity index (χ1n) is 8.45. The highest BCUT2D eigenvalue weighted by Gasteiger charge is 2.26. The summed E-state index contributed by atoms with van der Waals surface area (Å²) in [5.41, 5.74) is 2.10. The van der Waals surface area contributed by atoms with Gasteiger partial charge in [-0.1, -0.05) is 29.3 Å². The molecule has 138 valence electrons. The number of anilines is 1. The van der Waals surface area contributed by atoms with E-state index >= 15 is 0 Å². The Bertz CT molecular complexity index is 924. The Labute approximate surface area is 167 Å². The topological polar surface area (TPSA) is 64.4 Å². The van der Waals surface area contributed by atoms with Crippen molar-refractivity contribution in [2.75, 3.05) is 31.1 Å². The lowest BCUT2D eigenvalue weighted by Crippen LogP contribution is -2.49. The summed E-state index contributed by atoms with van der Waals surface area (Å²) >= 11 is 12.3. The molecule has 1 heterocycles. The number of nitriles is 1. The summed E-state index contributed by atoms with van der Waals surface area (Å²) in [5.74, 6) is -0.258. The average Bonchev–Trinajstić information content (AvgIpc) is 2.67. The molecule has 3 rings (SSSR count). The minimum absolute atomic E-state index is 0.0529. The lowest BCUT2D eigenvalue weighted by Gasteiger charge is -2.36. The van der Waals surface area contributed by atoms with Crippen LogP contribution in [0.25, 0.3) is 0 Å². The van der Waals surface area contributed by atoms with Crippen LogP contribution in [0.5, 0.6) is 0 Å². The van der Waals surface area contributed by atoms with Gasteiger partial charge < -0.3 is 9.80 Å². The Balaban J connectivity index is 1.78. The van der Waals surface area contributed by atoms with Gasteiger partial charge in [-0.05, 0) is 37.3 Å². The molecule has 0 atom stereocenters. The second-order valence-electron chi connectivity index (χ2n) is 6.28. The summed E-state index contributed by atoms with van der Waals surface area (Å²) < 4.78 is 0. The van der Waals surface area contributed by atoms with Crippen LogP contribution < -0.4 is 4.90 Å². The number of halogens is 2. The van der Waals surface area contributed by atoms with Crippen molar-refractivity contribution in [3.05, 3.63) is 63.1 Å². The number of Topliss-reactive ketones (excluding diaryl/α,β-unsaturated/α-hetero) is 1. The van der Waals surface area contributed by atoms with Crippen molar-refractivity contribution >= 4 is 40.6 Å². The van der Waals surface area contributed by atoms with Crippen molar-refractivity contribution < 1.29 is 9.59 Å². The maximum absolute atomic E-state index is 12.8. The molecule has 0 radical (unpaired) electrons. The van der Waals surface area contributed by atoms with E-state index in [1.165, 1.54) is 6.92 Å². The molecule has 5 nitrogen and oxygen atoms in total. The Morgan fingerprint density at radius 1 is 1.04 bits per heavy atom. The zero-order valence-corrected chi connectivity index (χ0v) is 16.2. The predicted molar refractivity (Wildman–Crippen MR) is 106 cm³/mol. The molecule has 0 spiro atoms. The summed E-state index contributed by atoms with van der Waals surface area (Å²) in [6, 6.07) is 12.2. The van der Waals surface area contributed by atoms with Gasteiger partial charge in [0.05, 0.1) is 26.9 Å². The molecule has 1 amide bonds. The van der Waals surface area contributed by atoms with Crippen molar-refractivity contribution in [2.24, 2.45) is 0 Å². The van der Waals surface area contributed by atoms with Gasteiger partial charge in [-0.2, -0.15) is 5.26 Å². The Kier molecular flexibility index (Phi) is 5.69. The van der Waals surface area contributed by atoms with Gasteiger partial charge in [-0.25, -0.2) is 0 Å². The van der Waals surface area contributed by atoms with Crippen molar-refractivity contribution in [1.29, 1.82) is 5.26 Å². The highest BCUT2D eigenvalue weighted by atomic mass is 35.5. The fraction of sp³-hybridized carbons (Fsp3) is 0.250. The number of rotatable bonds is 3. The van der Waals surface area contributed by atoms with Gasteiger partial charge in [0.15, 0.2) is 5.78 Å². The molecule has 0 N–H and O–H groups in total. The molecule has 1 saturated heterocycles. The lowest BCUT2D eigenvalue weighted by atomic mass is 10.1. The van der Waals surface area contributed by atoms with Gasteiger partial charge in [0.25, 0.3) is 5.91 Å². The maximum Gasteiger partial charge on any atom is 0.257 e. The third-order valence-corrected chi connectivity index (χ3v) is 5.24. The first-order chi connectivity index (χ1) is 12.9. The van der Waals surface area contributed by atoms with Gasteiger partial charge in [0.1, 0.15) is 6.07 Å². The molecule has 2 aromatic carbocycles. The Hall–Kier alpha value is -2.55. The zero-order chi connectivity index (χ0) is 19.6.